The largest absolute Gasteiger partial charge is 0.356 e. The lowest BCUT2D eigenvalue weighted by atomic mass is 9.95. The number of carbonyl (C=O) groups excluding carboxylic acids is 2. The summed E-state index contributed by atoms with van der Waals surface area (Å²) in [6, 6.07) is 0. The van der Waals surface area contributed by atoms with Gasteiger partial charge in [-0.15, -0.1) is 0 Å². The van der Waals surface area contributed by atoms with Crippen LogP contribution in [0.5, 0.6) is 0 Å². The van der Waals surface area contributed by atoms with Crippen LogP contribution in [0.15, 0.2) is 11.6 Å². The molecule has 0 bridgehead atoms. The predicted molar refractivity (Wildman–Crippen MR) is 79.2 cm³/mol. The fraction of sp³-hybridized carbons (Fsp3) is 0.750. The molecule has 1 heterocycles. The van der Waals surface area contributed by atoms with E-state index >= 15 is 0 Å². The second-order valence-electron chi connectivity index (χ2n) is 5.93. The van der Waals surface area contributed by atoms with E-state index in [9.17, 15) is 9.59 Å². The first-order valence-corrected chi connectivity index (χ1v) is 7.88. The third-order valence-corrected chi connectivity index (χ3v) is 4.44. The Morgan fingerprint density at radius 1 is 1.30 bits per heavy atom. The van der Waals surface area contributed by atoms with E-state index in [4.69, 9.17) is 0 Å². The number of allylic oxidation sites excluding steroid dienone is 1. The molecule has 0 aromatic rings. The van der Waals surface area contributed by atoms with Crippen molar-refractivity contribution in [1.29, 1.82) is 0 Å². The number of nitrogens with zero attached hydrogens (tertiary/aromatic N) is 1. The van der Waals surface area contributed by atoms with Gasteiger partial charge in [0, 0.05) is 32.5 Å². The highest BCUT2D eigenvalue weighted by molar-refractivity contribution is 5.79. The average Bonchev–Trinajstić information content (AvgIpc) is 2.48. The van der Waals surface area contributed by atoms with Gasteiger partial charge in [0.1, 0.15) is 0 Å². The zero-order chi connectivity index (χ0) is 14.4. The van der Waals surface area contributed by atoms with E-state index in [1.54, 1.807) is 6.92 Å². The molecule has 4 heteroatoms. The van der Waals surface area contributed by atoms with Crippen LogP contribution < -0.4 is 5.32 Å². The van der Waals surface area contributed by atoms with Crippen molar-refractivity contribution in [2.45, 2.75) is 51.9 Å². The summed E-state index contributed by atoms with van der Waals surface area (Å²) in [5, 5.41) is 3.06. The molecule has 0 saturated carbocycles. The van der Waals surface area contributed by atoms with Gasteiger partial charge < -0.3 is 10.2 Å². The lowest BCUT2D eigenvalue weighted by Crippen LogP contribution is -2.42. The topological polar surface area (TPSA) is 49.4 Å². The van der Waals surface area contributed by atoms with E-state index in [0.717, 1.165) is 38.9 Å². The number of rotatable bonds is 4. The molecule has 0 unspecified atom stereocenters. The predicted octanol–water partition coefficient (Wildman–Crippen LogP) is 2.25. The van der Waals surface area contributed by atoms with Gasteiger partial charge in [-0.25, -0.2) is 0 Å². The number of amides is 2. The maximum Gasteiger partial charge on any atom is 0.223 e. The molecule has 1 fully saturated rings. The molecule has 0 atom stereocenters. The zero-order valence-corrected chi connectivity index (χ0v) is 12.5. The van der Waals surface area contributed by atoms with Crippen molar-refractivity contribution in [1.82, 2.24) is 10.2 Å². The molecule has 2 aliphatic rings. The summed E-state index contributed by atoms with van der Waals surface area (Å²) in [6.45, 7) is 3.80. The molecule has 2 rings (SSSR count). The van der Waals surface area contributed by atoms with Gasteiger partial charge in [0.05, 0.1) is 0 Å². The summed E-state index contributed by atoms with van der Waals surface area (Å²) in [4.78, 5) is 25.2. The first-order valence-electron chi connectivity index (χ1n) is 7.88. The van der Waals surface area contributed by atoms with Gasteiger partial charge in [-0.3, -0.25) is 9.59 Å². The molecule has 4 nitrogen and oxygen atoms in total. The van der Waals surface area contributed by atoms with Crippen molar-refractivity contribution < 1.29 is 9.59 Å². The first kappa shape index (κ1) is 15.1. The highest BCUT2D eigenvalue weighted by Crippen LogP contribution is 2.20. The summed E-state index contributed by atoms with van der Waals surface area (Å²) >= 11 is 0. The van der Waals surface area contributed by atoms with Gasteiger partial charge in [0.25, 0.3) is 0 Å². The molecule has 1 N–H and O–H groups in total. The van der Waals surface area contributed by atoms with E-state index in [2.05, 4.69) is 11.4 Å². The molecule has 1 aliphatic heterocycles. The van der Waals surface area contributed by atoms with Gasteiger partial charge >= 0.3 is 0 Å². The first-order chi connectivity index (χ1) is 9.66. The van der Waals surface area contributed by atoms with Crippen LogP contribution in [-0.4, -0.2) is 36.3 Å². The molecular formula is C16H26N2O2. The van der Waals surface area contributed by atoms with Gasteiger partial charge in [0.2, 0.25) is 11.8 Å². The van der Waals surface area contributed by atoms with Gasteiger partial charge in [-0.1, -0.05) is 11.6 Å². The van der Waals surface area contributed by atoms with Crippen molar-refractivity contribution in [3.8, 4) is 0 Å². The molecule has 2 amide bonds. The third-order valence-electron chi connectivity index (χ3n) is 4.44. The van der Waals surface area contributed by atoms with Crippen molar-refractivity contribution in [2.75, 3.05) is 19.6 Å². The smallest absolute Gasteiger partial charge is 0.223 e. The molecule has 0 aromatic carbocycles. The third kappa shape index (κ3) is 4.36. The van der Waals surface area contributed by atoms with E-state index in [-0.39, 0.29) is 17.7 Å². The Labute approximate surface area is 121 Å². The average molecular weight is 278 g/mol. The Kier molecular flexibility index (Phi) is 5.62. The summed E-state index contributed by atoms with van der Waals surface area (Å²) in [6.07, 6.45) is 9.94. The number of hydrogen-bond acceptors (Lipinski definition) is 2. The lowest BCUT2D eigenvalue weighted by molar-refractivity contribution is -0.133. The van der Waals surface area contributed by atoms with E-state index in [1.807, 2.05) is 4.90 Å². The second kappa shape index (κ2) is 7.46. The Hall–Kier alpha value is -1.32. The van der Waals surface area contributed by atoms with Gasteiger partial charge in [0.15, 0.2) is 0 Å². The summed E-state index contributed by atoms with van der Waals surface area (Å²) in [5.74, 6) is 0.378. The van der Waals surface area contributed by atoms with Crippen LogP contribution in [0.2, 0.25) is 0 Å². The highest BCUT2D eigenvalue weighted by Gasteiger charge is 2.25. The summed E-state index contributed by atoms with van der Waals surface area (Å²) in [7, 11) is 0. The molecule has 20 heavy (non-hydrogen) atoms. The minimum atomic E-state index is 0.0888. The van der Waals surface area contributed by atoms with Gasteiger partial charge in [-0.2, -0.15) is 0 Å². The minimum absolute atomic E-state index is 0.0888. The van der Waals surface area contributed by atoms with Crippen molar-refractivity contribution in [2.24, 2.45) is 5.92 Å². The Morgan fingerprint density at radius 2 is 2.05 bits per heavy atom. The Balaban J connectivity index is 1.65. The van der Waals surface area contributed by atoms with E-state index in [1.165, 1.54) is 31.3 Å². The van der Waals surface area contributed by atoms with Crippen molar-refractivity contribution in [3.63, 3.8) is 0 Å². The minimum Gasteiger partial charge on any atom is -0.356 e. The van der Waals surface area contributed by atoms with E-state index < -0.39 is 0 Å². The SMILES string of the molecule is CC(=O)N1CCC(C(=O)NCCC2=CCCCC2)CC1. The number of nitrogens with one attached hydrogen (secondary N) is 1. The molecule has 1 saturated heterocycles. The molecule has 112 valence electrons. The molecule has 0 aromatic heterocycles. The molecule has 0 spiro atoms. The van der Waals surface area contributed by atoms with Crippen LogP contribution >= 0.6 is 0 Å². The maximum absolute atomic E-state index is 12.1. The van der Waals surface area contributed by atoms with Crippen LogP contribution in [0, 0.1) is 5.92 Å². The Bertz CT molecular complexity index is 382. The lowest BCUT2D eigenvalue weighted by Gasteiger charge is -2.30. The fourth-order valence-corrected chi connectivity index (χ4v) is 3.08. The fourth-order valence-electron chi connectivity index (χ4n) is 3.08. The van der Waals surface area contributed by atoms with Crippen LogP contribution in [0.25, 0.3) is 0 Å². The van der Waals surface area contributed by atoms with Crippen LogP contribution in [-0.2, 0) is 9.59 Å². The number of hydrogen-bond donors (Lipinski definition) is 1. The highest BCUT2D eigenvalue weighted by atomic mass is 16.2. The zero-order valence-electron chi connectivity index (χ0n) is 12.5. The quantitative estimate of drug-likeness (QED) is 0.802. The van der Waals surface area contributed by atoms with Crippen LogP contribution in [0.1, 0.15) is 51.9 Å². The van der Waals surface area contributed by atoms with Crippen molar-refractivity contribution >= 4 is 11.8 Å². The Morgan fingerprint density at radius 3 is 2.65 bits per heavy atom. The number of carbonyl (C=O) groups is 2. The number of piperidine rings is 1. The van der Waals surface area contributed by atoms with E-state index in [0.29, 0.717) is 0 Å². The molecular weight excluding hydrogens is 252 g/mol. The molecule has 1 aliphatic carbocycles. The summed E-state index contributed by atoms with van der Waals surface area (Å²) < 4.78 is 0. The number of likely N-dealkylation sites (tertiary alicyclic amines) is 1. The van der Waals surface area contributed by atoms with Gasteiger partial charge in [-0.05, 0) is 44.9 Å². The van der Waals surface area contributed by atoms with Crippen molar-refractivity contribution in [3.05, 3.63) is 11.6 Å². The maximum atomic E-state index is 12.1. The standard InChI is InChI=1S/C16H26N2O2/c1-13(19)18-11-8-15(9-12-18)16(20)17-10-7-14-5-3-2-4-6-14/h5,15H,2-4,6-12H2,1H3,(H,17,20). The normalized spacial score (nSPS) is 20.4. The second-order valence-corrected chi connectivity index (χ2v) is 5.93. The van der Waals surface area contributed by atoms with Crippen LogP contribution in [0.4, 0.5) is 0 Å². The van der Waals surface area contributed by atoms with Crippen LogP contribution in [0.3, 0.4) is 0 Å². The monoisotopic (exact) mass is 278 g/mol. The summed E-state index contributed by atoms with van der Waals surface area (Å²) in [5.41, 5.74) is 1.50. The molecule has 0 radical (unpaired) electrons.